The Bertz CT molecular complexity index is 540. The standard InChI is InChI=1S/C18H26F3N3O/c1-2-22-16(23-11-8-18(19,20)21)24-14-17(9-12-25-13-10-17)15-6-4-3-5-7-15/h3-7H,2,8-14H2,1H3,(H2,22,23,24). The third-order valence-electron chi connectivity index (χ3n) is 4.42. The van der Waals surface area contributed by atoms with Gasteiger partial charge in [0.2, 0.25) is 0 Å². The maximum atomic E-state index is 12.3. The van der Waals surface area contributed by atoms with Gasteiger partial charge >= 0.3 is 6.18 Å². The number of ether oxygens (including phenoxy) is 1. The second-order valence-corrected chi connectivity index (χ2v) is 6.25. The molecule has 1 saturated heterocycles. The molecule has 0 aromatic heterocycles. The van der Waals surface area contributed by atoms with Gasteiger partial charge in [-0.3, -0.25) is 4.99 Å². The third kappa shape index (κ3) is 6.23. The molecule has 0 amide bonds. The van der Waals surface area contributed by atoms with E-state index in [4.69, 9.17) is 4.74 Å². The zero-order valence-corrected chi connectivity index (χ0v) is 14.5. The van der Waals surface area contributed by atoms with Gasteiger partial charge in [-0.1, -0.05) is 30.3 Å². The molecule has 0 bridgehead atoms. The molecule has 1 aliphatic heterocycles. The van der Waals surface area contributed by atoms with E-state index in [9.17, 15) is 13.2 Å². The fourth-order valence-corrected chi connectivity index (χ4v) is 2.99. The smallest absolute Gasteiger partial charge is 0.381 e. The normalized spacial score (nSPS) is 18.0. The summed E-state index contributed by atoms with van der Waals surface area (Å²) in [4.78, 5) is 4.58. The summed E-state index contributed by atoms with van der Waals surface area (Å²) in [6.07, 6.45) is -3.35. The number of aliphatic imine (C=N–C) groups is 1. The lowest BCUT2D eigenvalue weighted by atomic mass is 9.74. The predicted molar refractivity (Wildman–Crippen MR) is 92.8 cm³/mol. The van der Waals surface area contributed by atoms with Crippen molar-refractivity contribution in [2.24, 2.45) is 4.99 Å². The van der Waals surface area contributed by atoms with Crippen molar-refractivity contribution in [2.75, 3.05) is 32.8 Å². The zero-order valence-electron chi connectivity index (χ0n) is 14.5. The average molecular weight is 357 g/mol. The maximum Gasteiger partial charge on any atom is 0.390 e. The molecule has 1 heterocycles. The Balaban J connectivity index is 2.08. The SMILES string of the molecule is CCNC(=NCC1(c2ccccc2)CCOCC1)NCCC(F)(F)F. The molecule has 1 aromatic carbocycles. The van der Waals surface area contributed by atoms with E-state index < -0.39 is 12.6 Å². The first-order valence-electron chi connectivity index (χ1n) is 8.67. The molecule has 1 aliphatic rings. The van der Waals surface area contributed by atoms with E-state index in [0.29, 0.717) is 32.3 Å². The summed E-state index contributed by atoms with van der Waals surface area (Å²) >= 11 is 0. The molecule has 1 aromatic rings. The van der Waals surface area contributed by atoms with Crippen LogP contribution in [0.25, 0.3) is 0 Å². The molecule has 2 rings (SSSR count). The first-order chi connectivity index (χ1) is 12.0. The summed E-state index contributed by atoms with van der Waals surface area (Å²) in [5.74, 6) is 0.425. The van der Waals surface area contributed by atoms with Gasteiger partial charge in [-0.2, -0.15) is 13.2 Å². The lowest BCUT2D eigenvalue weighted by Crippen LogP contribution is -2.42. The van der Waals surface area contributed by atoms with E-state index in [0.717, 1.165) is 12.8 Å². The van der Waals surface area contributed by atoms with Crippen molar-refractivity contribution in [1.82, 2.24) is 10.6 Å². The molecule has 0 aliphatic carbocycles. The highest BCUT2D eigenvalue weighted by Crippen LogP contribution is 2.35. The number of nitrogens with one attached hydrogen (secondary N) is 2. The van der Waals surface area contributed by atoms with Crippen LogP contribution in [0, 0.1) is 0 Å². The molecule has 0 atom stereocenters. The van der Waals surface area contributed by atoms with Crippen molar-refractivity contribution in [3.05, 3.63) is 35.9 Å². The lowest BCUT2D eigenvalue weighted by molar-refractivity contribution is -0.132. The number of hydrogen-bond acceptors (Lipinski definition) is 2. The van der Waals surface area contributed by atoms with E-state index in [1.54, 1.807) is 0 Å². The Hall–Kier alpha value is -1.76. The van der Waals surface area contributed by atoms with Gasteiger partial charge in [-0.15, -0.1) is 0 Å². The molecule has 0 unspecified atom stereocenters. The lowest BCUT2D eigenvalue weighted by Gasteiger charge is -2.36. The molecule has 25 heavy (non-hydrogen) atoms. The van der Waals surface area contributed by atoms with Crippen LogP contribution in [-0.4, -0.2) is 45.0 Å². The topological polar surface area (TPSA) is 45.7 Å². The number of hydrogen-bond donors (Lipinski definition) is 2. The minimum Gasteiger partial charge on any atom is -0.381 e. The molecule has 1 fully saturated rings. The van der Waals surface area contributed by atoms with Crippen LogP contribution in [0.2, 0.25) is 0 Å². The van der Waals surface area contributed by atoms with Gasteiger partial charge in [0.05, 0.1) is 13.0 Å². The number of nitrogens with zero attached hydrogens (tertiary/aromatic N) is 1. The van der Waals surface area contributed by atoms with Crippen molar-refractivity contribution < 1.29 is 17.9 Å². The van der Waals surface area contributed by atoms with Crippen LogP contribution in [-0.2, 0) is 10.2 Å². The highest BCUT2D eigenvalue weighted by Gasteiger charge is 2.34. The van der Waals surface area contributed by atoms with E-state index in [-0.39, 0.29) is 12.0 Å². The van der Waals surface area contributed by atoms with Gasteiger partial charge in [-0.25, -0.2) is 0 Å². The van der Waals surface area contributed by atoms with Crippen LogP contribution < -0.4 is 10.6 Å². The van der Waals surface area contributed by atoms with Crippen molar-refractivity contribution in [2.45, 2.75) is 37.8 Å². The maximum absolute atomic E-state index is 12.3. The van der Waals surface area contributed by atoms with Crippen molar-refractivity contribution in [3.8, 4) is 0 Å². The van der Waals surface area contributed by atoms with Crippen LogP contribution in [0.1, 0.15) is 31.7 Å². The highest BCUT2D eigenvalue weighted by molar-refractivity contribution is 5.79. The van der Waals surface area contributed by atoms with Gasteiger partial charge < -0.3 is 15.4 Å². The fourth-order valence-electron chi connectivity index (χ4n) is 2.99. The summed E-state index contributed by atoms with van der Waals surface area (Å²) < 4.78 is 42.5. The highest BCUT2D eigenvalue weighted by atomic mass is 19.4. The predicted octanol–water partition coefficient (Wildman–Crippen LogP) is 3.24. The van der Waals surface area contributed by atoms with Crippen LogP contribution in [0.15, 0.2) is 35.3 Å². The first-order valence-corrected chi connectivity index (χ1v) is 8.67. The van der Waals surface area contributed by atoms with Gasteiger partial charge in [0.25, 0.3) is 0 Å². The molecule has 140 valence electrons. The van der Waals surface area contributed by atoms with Gasteiger partial charge in [0.1, 0.15) is 0 Å². The van der Waals surface area contributed by atoms with Crippen molar-refractivity contribution >= 4 is 5.96 Å². The van der Waals surface area contributed by atoms with Crippen molar-refractivity contribution in [1.29, 1.82) is 0 Å². The van der Waals surface area contributed by atoms with E-state index in [1.165, 1.54) is 5.56 Å². The summed E-state index contributed by atoms with van der Waals surface area (Å²) in [6.45, 7) is 4.16. The van der Waals surface area contributed by atoms with Gasteiger partial charge in [-0.05, 0) is 25.3 Å². The Morgan fingerprint density at radius 1 is 1.16 bits per heavy atom. The number of halogens is 3. The number of guanidine groups is 1. The van der Waals surface area contributed by atoms with E-state index in [1.807, 2.05) is 25.1 Å². The Labute approximate surface area is 146 Å². The summed E-state index contributed by atoms with van der Waals surface area (Å²) in [5.41, 5.74) is 1.07. The largest absolute Gasteiger partial charge is 0.390 e. The summed E-state index contributed by atoms with van der Waals surface area (Å²) in [5, 5.41) is 5.79. The summed E-state index contributed by atoms with van der Waals surface area (Å²) in [7, 11) is 0. The Morgan fingerprint density at radius 2 is 1.84 bits per heavy atom. The zero-order chi connectivity index (χ0) is 18.2. The molecule has 4 nitrogen and oxygen atoms in total. The quantitative estimate of drug-likeness (QED) is 0.607. The van der Waals surface area contributed by atoms with Crippen LogP contribution in [0.5, 0.6) is 0 Å². The van der Waals surface area contributed by atoms with Gasteiger partial charge in [0.15, 0.2) is 5.96 Å². The molecule has 0 radical (unpaired) electrons. The van der Waals surface area contributed by atoms with Crippen molar-refractivity contribution in [3.63, 3.8) is 0 Å². The second kappa shape index (κ2) is 9.08. The summed E-state index contributed by atoms with van der Waals surface area (Å²) in [6, 6.07) is 10.2. The number of benzene rings is 1. The molecule has 2 N–H and O–H groups in total. The van der Waals surface area contributed by atoms with E-state index in [2.05, 4.69) is 27.8 Å². The van der Waals surface area contributed by atoms with Gasteiger partial charge in [0, 0.05) is 31.7 Å². The van der Waals surface area contributed by atoms with Crippen LogP contribution in [0.3, 0.4) is 0 Å². The first kappa shape index (κ1) is 19.6. The Kier molecular flexibility index (Phi) is 7.11. The Morgan fingerprint density at radius 3 is 2.44 bits per heavy atom. The monoisotopic (exact) mass is 357 g/mol. The minimum absolute atomic E-state index is 0.133. The minimum atomic E-state index is -4.17. The van der Waals surface area contributed by atoms with Crippen LogP contribution >= 0.6 is 0 Å². The number of alkyl halides is 3. The third-order valence-corrected chi connectivity index (χ3v) is 4.42. The molecule has 7 heteroatoms. The molecule has 0 spiro atoms. The molecular weight excluding hydrogens is 331 g/mol. The van der Waals surface area contributed by atoms with Crippen LogP contribution in [0.4, 0.5) is 13.2 Å². The fraction of sp³-hybridized carbons (Fsp3) is 0.611. The molecular formula is C18H26F3N3O. The van der Waals surface area contributed by atoms with E-state index >= 15 is 0 Å². The average Bonchev–Trinajstić information content (AvgIpc) is 2.60. The molecule has 0 saturated carbocycles. The number of rotatable bonds is 6. The second-order valence-electron chi connectivity index (χ2n) is 6.25.